The number of hydrogen-bond acceptors (Lipinski definition) is 5. The molecule has 34 heavy (non-hydrogen) atoms. The first-order valence-electron chi connectivity index (χ1n) is 11.0. The fourth-order valence-corrected chi connectivity index (χ4v) is 4.28. The van der Waals surface area contributed by atoms with Gasteiger partial charge in [-0.3, -0.25) is 9.59 Å². The summed E-state index contributed by atoms with van der Waals surface area (Å²) in [5, 5.41) is 12.9. The number of aromatic nitrogens is 2. The number of hydrogen-bond donors (Lipinski definition) is 3. The molecule has 1 saturated heterocycles. The number of carbonyl (C=O) groups is 1. The summed E-state index contributed by atoms with van der Waals surface area (Å²) < 4.78 is 41.5. The molecule has 3 aromatic rings. The fourth-order valence-electron chi connectivity index (χ4n) is 4.28. The number of fused-ring (bicyclic) bond motifs is 1. The molecule has 0 aliphatic carbocycles. The number of aliphatic hydroxyl groups is 1. The number of β-amino-alcohol motifs (C(OH)–C–C–N with tert-alkyl or cyclic N) is 1. The number of aromatic amines is 1. The summed E-state index contributed by atoms with van der Waals surface area (Å²) in [6, 6.07) is 7.77. The molecule has 1 aliphatic heterocycles. The first-order chi connectivity index (χ1) is 16.0. The normalized spacial score (nSPS) is 17.6. The van der Waals surface area contributed by atoms with Gasteiger partial charge < -0.3 is 20.3 Å². The first kappa shape index (κ1) is 23.7. The molecule has 2 unspecified atom stereocenters. The van der Waals surface area contributed by atoms with E-state index >= 15 is 0 Å². The van der Waals surface area contributed by atoms with Gasteiger partial charge >= 0.3 is 6.18 Å². The molecule has 0 radical (unpaired) electrons. The van der Waals surface area contributed by atoms with Crippen LogP contribution in [0.1, 0.15) is 53.1 Å². The number of amides is 1. The lowest BCUT2D eigenvalue weighted by Gasteiger charge is -2.30. The molecule has 4 rings (SSSR count). The number of anilines is 1. The van der Waals surface area contributed by atoms with E-state index in [9.17, 15) is 27.9 Å². The topological polar surface area (TPSA) is 98.3 Å². The highest BCUT2D eigenvalue weighted by Gasteiger charge is 2.35. The summed E-state index contributed by atoms with van der Waals surface area (Å²) in [4.78, 5) is 33.1. The summed E-state index contributed by atoms with van der Waals surface area (Å²) >= 11 is 0. The van der Waals surface area contributed by atoms with Crippen LogP contribution in [-0.2, 0) is 6.18 Å². The highest BCUT2D eigenvalue weighted by molar-refractivity contribution is 5.94. The zero-order chi connectivity index (χ0) is 24.6. The van der Waals surface area contributed by atoms with Crippen molar-refractivity contribution in [2.45, 2.75) is 45.0 Å². The summed E-state index contributed by atoms with van der Waals surface area (Å²) in [6.45, 7) is 3.93. The van der Waals surface area contributed by atoms with E-state index in [1.54, 1.807) is 36.1 Å². The van der Waals surface area contributed by atoms with Crippen LogP contribution in [0, 0.1) is 6.92 Å². The average molecular weight is 474 g/mol. The molecule has 7 nitrogen and oxygen atoms in total. The van der Waals surface area contributed by atoms with Crippen LogP contribution in [0.4, 0.5) is 18.9 Å². The van der Waals surface area contributed by atoms with Crippen molar-refractivity contribution in [3.05, 3.63) is 69.3 Å². The van der Waals surface area contributed by atoms with Gasteiger partial charge in [0, 0.05) is 30.4 Å². The minimum Gasteiger partial charge on any atom is -0.391 e. The van der Waals surface area contributed by atoms with E-state index in [1.165, 1.54) is 13.0 Å². The lowest BCUT2D eigenvalue weighted by molar-refractivity contribution is -0.138. The first-order valence-corrected chi connectivity index (χ1v) is 11.0. The Morgan fingerprint density at radius 3 is 2.62 bits per heavy atom. The van der Waals surface area contributed by atoms with Crippen LogP contribution in [0.2, 0.25) is 0 Å². The van der Waals surface area contributed by atoms with Gasteiger partial charge in [-0.15, -0.1) is 0 Å². The second-order valence-corrected chi connectivity index (χ2v) is 8.60. The van der Waals surface area contributed by atoms with Gasteiger partial charge in [-0.1, -0.05) is 0 Å². The van der Waals surface area contributed by atoms with Gasteiger partial charge in [0.15, 0.2) is 0 Å². The van der Waals surface area contributed by atoms with Crippen molar-refractivity contribution in [2.75, 3.05) is 18.4 Å². The predicted molar refractivity (Wildman–Crippen MR) is 122 cm³/mol. The number of nitrogens with zero attached hydrogens (tertiary/aromatic N) is 2. The standard InChI is InChI=1S/C24H25F3N4O3/c1-13(18-10-19-21(11-20(18)24(25,26)27)29-14(2)30-22(19)33)28-16-7-5-15(6-8-16)23(34)31-9-3-4-17(32)12-31/h5-8,10-11,13,17,28,32H,3-4,9,12H2,1-2H3,(H,29,30,33). The van der Waals surface area contributed by atoms with E-state index in [0.717, 1.165) is 12.5 Å². The molecule has 0 bridgehead atoms. The van der Waals surface area contributed by atoms with Crippen LogP contribution in [0.3, 0.4) is 0 Å². The van der Waals surface area contributed by atoms with E-state index in [2.05, 4.69) is 15.3 Å². The highest BCUT2D eigenvalue weighted by atomic mass is 19.4. The third kappa shape index (κ3) is 4.91. The Morgan fingerprint density at radius 2 is 1.97 bits per heavy atom. The molecule has 10 heteroatoms. The van der Waals surface area contributed by atoms with E-state index < -0.39 is 29.4 Å². The second kappa shape index (κ2) is 9.09. The van der Waals surface area contributed by atoms with Crippen LogP contribution < -0.4 is 10.9 Å². The maximum Gasteiger partial charge on any atom is 0.416 e. The molecule has 1 fully saturated rings. The number of aliphatic hydroxyl groups excluding tert-OH is 1. The quantitative estimate of drug-likeness (QED) is 0.531. The van der Waals surface area contributed by atoms with Crippen molar-refractivity contribution >= 4 is 22.5 Å². The molecule has 1 aromatic heterocycles. The van der Waals surface area contributed by atoms with E-state index in [1.807, 2.05) is 0 Å². The lowest BCUT2D eigenvalue weighted by atomic mass is 9.98. The van der Waals surface area contributed by atoms with Crippen molar-refractivity contribution in [3.8, 4) is 0 Å². The second-order valence-electron chi connectivity index (χ2n) is 8.60. The van der Waals surface area contributed by atoms with E-state index in [4.69, 9.17) is 0 Å². The number of H-pyrrole nitrogens is 1. The van der Waals surface area contributed by atoms with Crippen molar-refractivity contribution in [1.29, 1.82) is 0 Å². The Hall–Kier alpha value is -3.40. The molecule has 3 N–H and O–H groups in total. The number of halogens is 3. The van der Waals surface area contributed by atoms with Crippen LogP contribution in [-0.4, -0.2) is 45.1 Å². The van der Waals surface area contributed by atoms with Gasteiger partial charge in [0.05, 0.1) is 22.6 Å². The largest absolute Gasteiger partial charge is 0.416 e. The van der Waals surface area contributed by atoms with Crippen molar-refractivity contribution < 1.29 is 23.1 Å². The minimum atomic E-state index is -4.63. The third-order valence-electron chi connectivity index (χ3n) is 5.97. The number of aryl methyl sites for hydroxylation is 1. The Bertz CT molecular complexity index is 1270. The minimum absolute atomic E-state index is 0.0183. The van der Waals surface area contributed by atoms with Crippen LogP contribution in [0.25, 0.3) is 10.9 Å². The molecule has 180 valence electrons. The molecule has 2 aromatic carbocycles. The third-order valence-corrected chi connectivity index (χ3v) is 5.97. The van der Waals surface area contributed by atoms with Gasteiger partial charge in [0.2, 0.25) is 0 Å². The number of carbonyl (C=O) groups excluding carboxylic acids is 1. The number of piperidine rings is 1. The van der Waals surface area contributed by atoms with Crippen LogP contribution in [0.5, 0.6) is 0 Å². The fraction of sp³-hybridized carbons (Fsp3) is 0.375. The number of benzene rings is 2. The number of rotatable bonds is 4. The highest BCUT2D eigenvalue weighted by Crippen LogP contribution is 2.37. The molecule has 1 aliphatic rings. The summed E-state index contributed by atoms with van der Waals surface area (Å²) in [5.74, 6) is 0.0347. The Morgan fingerprint density at radius 1 is 1.26 bits per heavy atom. The zero-order valence-corrected chi connectivity index (χ0v) is 18.7. The smallest absolute Gasteiger partial charge is 0.391 e. The monoisotopic (exact) mass is 474 g/mol. The van der Waals surface area contributed by atoms with Crippen molar-refractivity contribution in [3.63, 3.8) is 0 Å². The maximum absolute atomic E-state index is 13.8. The Balaban J connectivity index is 1.59. The van der Waals surface area contributed by atoms with Gasteiger partial charge in [-0.2, -0.15) is 13.2 Å². The van der Waals surface area contributed by atoms with Gasteiger partial charge in [-0.05, 0) is 68.7 Å². The molecule has 1 amide bonds. The average Bonchev–Trinajstić information content (AvgIpc) is 2.77. The Kier molecular flexibility index (Phi) is 6.35. The van der Waals surface area contributed by atoms with Gasteiger partial charge in [0.1, 0.15) is 5.82 Å². The Labute approximate surface area is 193 Å². The molecule has 0 saturated carbocycles. The number of nitrogens with one attached hydrogen (secondary N) is 2. The molecule has 2 atom stereocenters. The molecule has 0 spiro atoms. The predicted octanol–water partition coefficient (Wildman–Crippen LogP) is 4.02. The maximum atomic E-state index is 13.8. The summed E-state index contributed by atoms with van der Waals surface area (Å²) in [7, 11) is 0. The van der Waals surface area contributed by atoms with Crippen LogP contribution >= 0.6 is 0 Å². The molecule has 2 heterocycles. The van der Waals surface area contributed by atoms with Crippen molar-refractivity contribution in [1.82, 2.24) is 14.9 Å². The summed E-state index contributed by atoms with van der Waals surface area (Å²) in [5.41, 5.74) is -0.522. The zero-order valence-electron chi connectivity index (χ0n) is 18.7. The lowest BCUT2D eigenvalue weighted by Crippen LogP contribution is -2.42. The van der Waals surface area contributed by atoms with Crippen molar-refractivity contribution in [2.24, 2.45) is 0 Å². The SMILES string of the molecule is Cc1nc2cc(C(F)(F)F)c(C(C)Nc3ccc(C(=O)N4CCCC(O)C4)cc3)cc2c(=O)[nH]1. The summed E-state index contributed by atoms with van der Waals surface area (Å²) in [6.07, 6.45) is -3.76. The van der Waals surface area contributed by atoms with Crippen LogP contribution in [0.15, 0.2) is 41.2 Å². The molecular formula is C24H25F3N4O3. The van der Waals surface area contributed by atoms with E-state index in [-0.39, 0.29) is 34.7 Å². The van der Waals surface area contributed by atoms with Gasteiger partial charge in [0.25, 0.3) is 11.5 Å². The molecular weight excluding hydrogens is 449 g/mol. The number of likely N-dealkylation sites (tertiary alicyclic amines) is 1. The van der Waals surface area contributed by atoms with E-state index in [0.29, 0.717) is 24.2 Å². The van der Waals surface area contributed by atoms with Gasteiger partial charge in [-0.25, -0.2) is 4.98 Å². The number of alkyl halides is 3.